The third-order valence-corrected chi connectivity index (χ3v) is 8.91. The van der Waals surface area contributed by atoms with Gasteiger partial charge in [0.25, 0.3) is 15.9 Å². The van der Waals surface area contributed by atoms with E-state index in [4.69, 9.17) is 4.74 Å². The molecule has 1 heterocycles. The van der Waals surface area contributed by atoms with Crippen molar-refractivity contribution in [1.29, 1.82) is 0 Å². The highest BCUT2D eigenvalue weighted by atomic mass is 32.2. The number of anilines is 3. The van der Waals surface area contributed by atoms with Crippen LogP contribution < -0.4 is 19.1 Å². The molecule has 0 spiro atoms. The summed E-state index contributed by atoms with van der Waals surface area (Å²) in [6.07, 6.45) is -1.09. The molecule has 3 aromatic carbocycles. The van der Waals surface area contributed by atoms with Gasteiger partial charge >= 0.3 is 0 Å². The fraction of sp³-hybridized carbons (Fsp3) is 0.240. The molecule has 0 saturated carbocycles. The van der Waals surface area contributed by atoms with Crippen molar-refractivity contribution in [2.45, 2.75) is 31.8 Å². The Morgan fingerprint density at radius 2 is 1.69 bits per heavy atom. The van der Waals surface area contributed by atoms with Gasteiger partial charge in [0.05, 0.1) is 28.6 Å². The Kier molecular flexibility index (Phi) is 6.96. The Morgan fingerprint density at radius 3 is 2.36 bits per heavy atom. The molecule has 1 aliphatic heterocycles. The molecule has 0 bridgehead atoms. The average Bonchev–Trinajstić information content (AvgIpc) is 2.85. The van der Waals surface area contributed by atoms with Crippen LogP contribution in [-0.4, -0.2) is 41.1 Å². The van der Waals surface area contributed by atoms with Gasteiger partial charge in [0, 0.05) is 5.69 Å². The molecule has 11 heteroatoms. The fourth-order valence-corrected chi connectivity index (χ4v) is 6.09. The van der Waals surface area contributed by atoms with Crippen LogP contribution in [0.3, 0.4) is 0 Å². The van der Waals surface area contributed by atoms with Crippen LogP contribution in [0.5, 0.6) is 5.75 Å². The van der Waals surface area contributed by atoms with Crippen LogP contribution in [0.1, 0.15) is 18.1 Å². The molecular weight excluding hydrogens is 502 g/mol. The summed E-state index contributed by atoms with van der Waals surface area (Å²) in [7, 11) is -7.46. The van der Waals surface area contributed by atoms with Crippen molar-refractivity contribution in [2.24, 2.45) is 0 Å². The number of ether oxygens (including phenoxy) is 1. The standard InChI is InChI=1S/C25H27N3O6S2/c1-4-35(30,31)28-16-24(34-23-8-6-5-7-22(23)28)25(29)26-19-10-12-20(13-11-19)36(32,33)27-21-14-9-17(2)15-18(21)3/h5-15,24,27H,4,16H2,1-3H3,(H,26,29)/t24-/m0/s1. The van der Waals surface area contributed by atoms with E-state index in [1.807, 2.05) is 26.0 Å². The molecule has 0 aromatic heterocycles. The summed E-state index contributed by atoms with van der Waals surface area (Å²) in [5.74, 6) is -0.383. The number of sulfonamides is 2. The van der Waals surface area contributed by atoms with Crippen LogP contribution in [0.15, 0.2) is 71.6 Å². The van der Waals surface area contributed by atoms with E-state index in [0.717, 1.165) is 11.1 Å². The normalized spacial score (nSPS) is 15.5. The van der Waals surface area contributed by atoms with E-state index in [-0.39, 0.29) is 17.2 Å². The minimum Gasteiger partial charge on any atom is -0.476 e. The number of para-hydroxylation sites is 2. The van der Waals surface area contributed by atoms with Gasteiger partial charge in [-0.2, -0.15) is 0 Å². The molecule has 1 amide bonds. The molecule has 1 atom stereocenters. The second kappa shape index (κ2) is 9.82. The van der Waals surface area contributed by atoms with Crippen LogP contribution >= 0.6 is 0 Å². The van der Waals surface area contributed by atoms with Gasteiger partial charge < -0.3 is 10.1 Å². The zero-order valence-electron chi connectivity index (χ0n) is 20.1. The first kappa shape index (κ1) is 25.5. The Hall–Kier alpha value is -3.57. The lowest BCUT2D eigenvalue weighted by Crippen LogP contribution is -2.49. The molecule has 0 aliphatic carbocycles. The summed E-state index contributed by atoms with van der Waals surface area (Å²) in [5, 5.41) is 2.68. The maximum Gasteiger partial charge on any atom is 0.267 e. The topological polar surface area (TPSA) is 122 Å². The van der Waals surface area contributed by atoms with E-state index in [1.54, 1.807) is 30.3 Å². The minimum atomic E-state index is -3.84. The molecule has 4 rings (SSSR count). The van der Waals surface area contributed by atoms with Crippen molar-refractivity contribution >= 4 is 43.0 Å². The van der Waals surface area contributed by atoms with Crippen LogP contribution in [-0.2, 0) is 24.8 Å². The van der Waals surface area contributed by atoms with Gasteiger partial charge in [0.15, 0.2) is 6.10 Å². The highest BCUT2D eigenvalue weighted by Gasteiger charge is 2.36. The second-order valence-corrected chi connectivity index (χ2v) is 12.3. The van der Waals surface area contributed by atoms with Crippen LogP contribution in [0.25, 0.3) is 0 Å². The molecule has 0 radical (unpaired) electrons. The van der Waals surface area contributed by atoms with E-state index in [1.165, 1.54) is 35.5 Å². The lowest BCUT2D eigenvalue weighted by Gasteiger charge is -2.34. The van der Waals surface area contributed by atoms with Gasteiger partial charge in [-0.05, 0) is 68.8 Å². The lowest BCUT2D eigenvalue weighted by molar-refractivity contribution is -0.122. The quantitative estimate of drug-likeness (QED) is 0.482. The maximum atomic E-state index is 12.9. The van der Waals surface area contributed by atoms with Gasteiger partial charge in [0.1, 0.15) is 5.75 Å². The van der Waals surface area contributed by atoms with E-state index in [0.29, 0.717) is 22.8 Å². The Bertz CT molecular complexity index is 1500. The summed E-state index contributed by atoms with van der Waals surface area (Å²) in [5.41, 5.74) is 3.04. The zero-order valence-corrected chi connectivity index (χ0v) is 21.7. The number of carbonyl (C=O) groups is 1. The third kappa shape index (κ3) is 5.31. The van der Waals surface area contributed by atoms with Gasteiger partial charge in [0.2, 0.25) is 10.0 Å². The Balaban J connectivity index is 1.49. The summed E-state index contributed by atoms with van der Waals surface area (Å²) in [4.78, 5) is 13.0. The Morgan fingerprint density at radius 1 is 1.00 bits per heavy atom. The molecule has 2 N–H and O–H groups in total. The lowest BCUT2D eigenvalue weighted by atomic mass is 10.1. The first-order chi connectivity index (χ1) is 17.0. The monoisotopic (exact) mass is 529 g/mol. The smallest absolute Gasteiger partial charge is 0.267 e. The average molecular weight is 530 g/mol. The van der Waals surface area contributed by atoms with Crippen LogP contribution in [0, 0.1) is 13.8 Å². The SMILES string of the molecule is CCS(=O)(=O)N1C[C@@H](C(=O)Nc2ccc(S(=O)(=O)Nc3ccc(C)cc3C)cc2)Oc2ccccc21. The molecule has 3 aromatic rings. The number of nitrogens with zero attached hydrogens (tertiary/aromatic N) is 1. The fourth-order valence-electron chi connectivity index (χ4n) is 3.83. The van der Waals surface area contributed by atoms with Crippen molar-refractivity contribution in [1.82, 2.24) is 0 Å². The number of nitrogens with one attached hydrogen (secondary N) is 2. The molecule has 9 nitrogen and oxygen atoms in total. The molecule has 0 fully saturated rings. The van der Waals surface area contributed by atoms with E-state index >= 15 is 0 Å². The number of fused-ring (bicyclic) bond motifs is 1. The van der Waals surface area contributed by atoms with Crippen LogP contribution in [0.4, 0.5) is 17.1 Å². The second-order valence-electron chi connectivity index (χ2n) is 8.44. The summed E-state index contributed by atoms with van der Waals surface area (Å²) in [6, 6.07) is 17.7. The predicted molar refractivity (Wildman–Crippen MR) is 139 cm³/mol. The maximum absolute atomic E-state index is 12.9. The number of carbonyl (C=O) groups excluding carboxylic acids is 1. The highest BCUT2D eigenvalue weighted by molar-refractivity contribution is 7.93. The highest BCUT2D eigenvalue weighted by Crippen LogP contribution is 2.35. The molecule has 1 aliphatic rings. The number of rotatable bonds is 7. The number of hydrogen-bond acceptors (Lipinski definition) is 6. The number of aryl methyl sites for hydroxylation is 2. The van der Waals surface area contributed by atoms with Gasteiger partial charge in [-0.1, -0.05) is 29.8 Å². The first-order valence-corrected chi connectivity index (χ1v) is 14.4. The van der Waals surface area contributed by atoms with Gasteiger partial charge in [-0.15, -0.1) is 0 Å². The van der Waals surface area contributed by atoms with Gasteiger partial charge in [-0.25, -0.2) is 16.8 Å². The van der Waals surface area contributed by atoms with Crippen molar-refractivity contribution in [3.05, 3.63) is 77.9 Å². The minimum absolute atomic E-state index is 0.0310. The van der Waals surface area contributed by atoms with E-state index in [2.05, 4.69) is 10.0 Å². The molecule has 0 unspecified atom stereocenters. The third-order valence-electron chi connectivity index (χ3n) is 5.79. The summed E-state index contributed by atoms with van der Waals surface area (Å²) in [6.45, 7) is 5.11. The zero-order chi connectivity index (χ0) is 26.1. The van der Waals surface area contributed by atoms with Crippen LogP contribution in [0.2, 0.25) is 0 Å². The Labute approximate surface area is 211 Å². The van der Waals surface area contributed by atoms with Crippen molar-refractivity contribution < 1.29 is 26.4 Å². The number of amides is 1. The largest absolute Gasteiger partial charge is 0.476 e. The van der Waals surface area contributed by atoms with E-state index in [9.17, 15) is 21.6 Å². The molecule has 0 saturated heterocycles. The molecule has 36 heavy (non-hydrogen) atoms. The molecular formula is C25H27N3O6S2. The first-order valence-electron chi connectivity index (χ1n) is 11.3. The van der Waals surface area contributed by atoms with Gasteiger partial charge in [-0.3, -0.25) is 13.8 Å². The van der Waals surface area contributed by atoms with Crippen molar-refractivity contribution in [3.63, 3.8) is 0 Å². The predicted octanol–water partition coefficient (Wildman–Crippen LogP) is 3.66. The number of benzene rings is 3. The summed E-state index contributed by atoms with van der Waals surface area (Å²) < 4.78 is 60.4. The van der Waals surface area contributed by atoms with Crippen molar-refractivity contribution in [2.75, 3.05) is 26.6 Å². The van der Waals surface area contributed by atoms with Crippen molar-refractivity contribution in [3.8, 4) is 5.75 Å². The number of hydrogen-bond donors (Lipinski definition) is 2. The van der Waals surface area contributed by atoms with E-state index < -0.39 is 32.1 Å². The summed E-state index contributed by atoms with van der Waals surface area (Å²) >= 11 is 0. The molecule has 190 valence electrons.